The van der Waals surface area contributed by atoms with E-state index in [9.17, 15) is 18.0 Å². The molecule has 3 aliphatic heterocycles. The van der Waals surface area contributed by atoms with Crippen LogP contribution >= 0.6 is 0 Å². The van der Waals surface area contributed by atoms with Crippen LogP contribution in [0.15, 0.2) is 29.2 Å². The number of nitrogens with zero attached hydrogens (tertiary/aromatic N) is 3. The molecule has 0 saturated carbocycles. The highest BCUT2D eigenvalue weighted by atomic mass is 32.2. The van der Waals surface area contributed by atoms with Crippen LogP contribution in [0, 0.1) is 5.92 Å². The van der Waals surface area contributed by atoms with Gasteiger partial charge >= 0.3 is 0 Å². The van der Waals surface area contributed by atoms with Crippen LogP contribution in [0.2, 0.25) is 0 Å². The zero-order valence-corrected chi connectivity index (χ0v) is 20.4. The van der Waals surface area contributed by atoms with Gasteiger partial charge in [-0.15, -0.1) is 0 Å². The number of carbonyl (C=O) groups is 2. The largest absolute Gasteiger partial charge is 0.372 e. The van der Waals surface area contributed by atoms with Crippen LogP contribution in [-0.2, 0) is 19.6 Å². The van der Waals surface area contributed by atoms with E-state index in [1.807, 2.05) is 18.7 Å². The number of sulfonamides is 1. The Labute approximate surface area is 196 Å². The summed E-state index contributed by atoms with van der Waals surface area (Å²) in [5.41, 5.74) is 0.226. The van der Waals surface area contributed by atoms with Crippen molar-refractivity contribution in [1.29, 1.82) is 0 Å². The predicted molar refractivity (Wildman–Crippen MR) is 124 cm³/mol. The highest BCUT2D eigenvalue weighted by Gasteiger charge is 2.35. The number of rotatable bonds is 4. The monoisotopic (exact) mass is 477 g/mol. The minimum atomic E-state index is -3.71. The second-order valence-electron chi connectivity index (χ2n) is 9.53. The molecule has 1 aromatic carbocycles. The molecule has 3 aliphatic rings. The van der Waals surface area contributed by atoms with Crippen LogP contribution in [0.4, 0.5) is 0 Å². The van der Waals surface area contributed by atoms with E-state index in [-0.39, 0.29) is 40.4 Å². The third-order valence-electron chi connectivity index (χ3n) is 6.91. The van der Waals surface area contributed by atoms with Gasteiger partial charge in [0.15, 0.2) is 0 Å². The lowest BCUT2D eigenvalue weighted by Gasteiger charge is -2.39. The summed E-state index contributed by atoms with van der Waals surface area (Å²) in [5, 5.41) is 0. The zero-order chi connectivity index (χ0) is 23.6. The van der Waals surface area contributed by atoms with Crippen LogP contribution < -0.4 is 0 Å². The molecule has 1 aromatic rings. The van der Waals surface area contributed by atoms with Gasteiger partial charge in [-0.25, -0.2) is 8.42 Å². The topological polar surface area (TPSA) is 87.2 Å². The summed E-state index contributed by atoms with van der Waals surface area (Å²) in [6.45, 7) is 7.05. The minimum Gasteiger partial charge on any atom is -0.372 e. The number of hydrogen-bond acceptors (Lipinski definition) is 5. The van der Waals surface area contributed by atoms with Gasteiger partial charge < -0.3 is 14.5 Å². The number of piperidine rings is 2. The maximum absolute atomic E-state index is 13.3. The van der Waals surface area contributed by atoms with Gasteiger partial charge in [-0.3, -0.25) is 9.59 Å². The number of morpholine rings is 1. The van der Waals surface area contributed by atoms with Crippen LogP contribution in [0.25, 0.3) is 0 Å². The van der Waals surface area contributed by atoms with E-state index in [1.54, 1.807) is 23.1 Å². The number of ether oxygens (including phenoxy) is 1. The van der Waals surface area contributed by atoms with E-state index in [1.165, 1.54) is 10.4 Å². The SMILES string of the molecule is CC1CN(C(=O)C2CCN(C(=O)c3ccccc3S(=O)(=O)N3CCCCC3)CC2)CC(C)O1. The van der Waals surface area contributed by atoms with E-state index < -0.39 is 10.0 Å². The van der Waals surface area contributed by atoms with Crippen molar-refractivity contribution in [3.63, 3.8) is 0 Å². The van der Waals surface area contributed by atoms with Crippen molar-refractivity contribution in [1.82, 2.24) is 14.1 Å². The maximum Gasteiger partial charge on any atom is 0.255 e. The molecule has 182 valence electrons. The Hall–Kier alpha value is -1.97. The van der Waals surface area contributed by atoms with E-state index in [4.69, 9.17) is 4.74 Å². The molecule has 3 fully saturated rings. The highest BCUT2D eigenvalue weighted by Crippen LogP contribution is 2.27. The highest BCUT2D eigenvalue weighted by molar-refractivity contribution is 7.89. The van der Waals surface area contributed by atoms with E-state index >= 15 is 0 Å². The lowest BCUT2D eigenvalue weighted by Crippen LogP contribution is -2.51. The molecule has 0 N–H and O–H groups in total. The standard InChI is InChI=1S/C24H35N3O5S/c1-18-16-26(17-19(2)32-18)23(28)20-10-14-25(15-11-20)24(29)21-8-4-5-9-22(21)33(30,31)27-12-6-3-7-13-27/h4-5,8-9,18-20H,3,6-7,10-17H2,1-2H3. The van der Waals surface area contributed by atoms with Crippen molar-refractivity contribution in [3.05, 3.63) is 29.8 Å². The quantitative estimate of drug-likeness (QED) is 0.664. The van der Waals surface area contributed by atoms with Crippen molar-refractivity contribution < 1.29 is 22.7 Å². The first kappa shape index (κ1) is 24.2. The average Bonchev–Trinajstić information content (AvgIpc) is 2.83. The van der Waals surface area contributed by atoms with Gasteiger partial charge in [-0.1, -0.05) is 18.6 Å². The molecular weight excluding hydrogens is 442 g/mol. The number of benzene rings is 1. The Balaban J connectivity index is 1.43. The molecule has 3 saturated heterocycles. The predicted octanol–water partition coefficient (Wildman–Crippen LogP) is 2.35. The molecule has 2 amide bonds. The summed E-state index contributed by atoms with van der Waals surface area (Å²) in [7, 11) is -3.71. The van der Waals surface area contributed by atoms with Crippen LogP contribution in [0.5, 0.6) is 0 Å². The summed E-state index contributed by atoms with van der Waals surface area (Å²) in [4.78, 5) is 30.1. The van der Waals surface area contributed by atoms with E-state index in [0.717, 1.165) is 19.3 Å². The molecule has 2 atom stereocenters. The molecule has 0 bridgehead atoms. The van der Waals surface area contributed by atoms with Crippen molar-refractivity contribution >= 4 is 21.8 Å². The molecule has 0 spiro atoms. The molecule has 9 heteroatoms. The summed E-state index contributed by atoms with van der Waals surface area (Å²) in [5.74, 6) is -0.248. The molecular formula is C24H35N3O5S. The number of likely N-dealkylation sites (tertiary alicyclic amines) is 1. The Morgan fingerprint density at radius 2 is 1.48 bits per heavy atom. The number of amides is 2. The number of carbonyl (C=O) groups excluding carboxylic acids is 2. The van der Waals surface area contributed by atoms with Gasteiger partial charge in [0.2, 0.25) is 15.9 Å². The molecule has 0 radical (unpaired) electrons. The first-order valence-corrected chi connectivity index (χ1v) is 13.5. The average molecular weight is 478 g/mol. The summed E-state index contributed by atoms with van der Waals surface area (Å²) < 4.78 is 33.8. The third-order valence-corrected chi connectivity index (χ3v) is 8.87. The fourth-order valence-corrected chi connectivity index (χ4v) is 6.93. The second-order valence-corrected chi connectivity index (χ2v) is 11.4. The summed E-state index contributed by atoms with van der Waals surface area (Å²) in [6.07, 6.45) is 3.95. The number of hydrogen-bond donors (Lipinski definition) is 0. The van der Waals surface area contributed by atoms with Gasteiger partial charge in [0.25, 0.3) is 5.91 Å². The van der Waals surface area contributed by atoms with Crippen LogP contribution in [0.3, 0.4) is 0 Å². The van der Waals surface area contributed by atoms with Crippen molar-refractivity contribution in [2.75, 3.05) is 39.3 Å². The molecule has 0 aromatic heterocycles. The normalized spacial score (nSPS) is 25.8. The van der Waals surface area contributed by atoms with Crippen molar-refractivity contribution in [2.24, 2.45) is 5.92 Å². The van der Waals surface area contributed by atoms with Crippen LogP contribution in [-0.4, -0.2) is 85.8 Å². The first-order chi connectivity index (χ1) is 15.8. The van der Waals surface area contributed by atoms with Crippen molar-refractivity contribution in [3.8, 4) is 0 Å². The Bertz CT molecular complexity index is 958. The molecule has 3 heterocycles. The molecule has 2 unspecified atom stereocenters. The van der Waals surface area contributed by atoms with Crippen molar-refractivity contribution in [2.45, 2.75) is 63.1 Å². The molecule has 8 nitrogen and oxygen atoms in total. The second kappa shape index (κ2) is 10.1. The first-order valence-electron chi connectivity index (χ1n) is 12.1. The Kier molecular flexibility index (Phi) is 7.40. The van der Waals surface area contributed by atoms with Gasteiger partial charge in [0.05, 0.1) is 22.7 Å². The maximum atomic E-state index is 13.3. The van der Waals surface area contributed by atoms with E-state index in [0.29, 0.717) is 52.1 Å². The summed E-state index contributed by atoms with van der Waals surface area (Å²) in [6, 6.07) is 6.52. The minimum absolute atomic E-state index is 0.0257. The lowest BCUT2D eigenvalue weighted by atomic mass is 9.94. The molecule has 4 rings (SSSR count). The molecule has 33 heavy (non-hydrogen) atoms. The van der Waals surface area contributed by atoms with Gasteiger partial charge in [-0.05, 0) is 51.7 Å². The van der Waals surface area contributed by atoms with Crippen LogP contribution in [0.1, 0.15) is 56.3 Å². The van der Waals surface area contributed by atoms with Gasteiger partial charge in [0, 0.05) is 45.2 Å². The Morgan fingerprint density at radius 1 is 0.879 bits per heavy atom. The Morgan fingerprint density at radius 3 is 2.12 bits per heavy atom. The lowest BCUT2D eigenvalue weighted by molar-refractivity contribution is -0.148. The fraction of sp³-hybridized carbons (Fsp3) is 0.667. The smallest absolute Gasteiger partial charge is 0.255 e. The zero-order valence-electron chi connectivity index (χ0n) is 19.6. The fourth-order valence-electron chi connectivity index (χ4n) is 5.23. The third kappa shape index (κ3) is 5.25. The molecule has 0 aliphatic carbocycles. The van der Waals surface area contributed by atoms with Gasteiger partial charge in [0.1, 0.15) is 0 Å². The van der Waals surface area contributed by atoms with Gasteiger partial charge in [-0.2, -0.15) is 4.31 Å². The van der Waals surface area contributed by atoms with E-state index in [2.05, 4.69) is 0 Å². The summed E-state index contributed by atoms with van der Waals surface area (Å²) >= 11 is 0.